The summed E-state index contributed by atoms with van der Waals surface area (Å²) in [5.74, 6) is -1.82. The molecule has 2 bridgehead atoms. The van der Waals surface area contributed by atoms with Crippen molar-refractivity contribution in [2.45, 2.75) is 83.1 Å². The highest BCUT2D eigenvalue weighted by Gasteiger charge is 2.79. The predicted molar refractivity (Wildman–Crippen MR) is 165 cm³/mol. The van der Waals surface area contributed by atoms with Crippen LogP contribution in [-0.2, 0) is 23.9 Å². The fraction of sp³-hybridized carbons (Fsp3) is 0.788. The van der Waals surface area contributed by atoms with Gasteiger partial charge < -0.3 is 29.3 Å². The van der Waals surface area contributed by atoms with Crippen molar-refractivity contribution in [3.05, 3.63) is 25.3 Å². The number of amides is 3. The lowest BCUT2D eigenvalue weighted by Crippen LogP contribution is -2.59. The van der Waals surface area contributed by atoms with Crippen molar-refractivity contribution in [1.82, 2.24) is 19.6 Å². The zero-order valence-electron chi connectivity index (χ0n) is 26.8. The number of ether oxygens (including phenoxy) is 2. The van der Waals surface area contributed by atoms with Gasteiger partial charge in [0.2, 0.25) is 17.7 Å². The average Bonchev–Trinajstić information content (AvgIpc) is 3.61. The monoisotopic (exact) mass is 602 g/mol. The van der Waals surface area contributed by atoms with Crippen molar-refractivity contribution >= 4 is 17.7 Å². The average molecular weight is 603 g/mol. The third-order valence-electron chi connectivity index (χ3n) is 10.1. The molecule has 4 aliphatic heterocycles. The molecule has 4 saturated heterocycles. The van der Waals surface area contributed by atoms with Crippen molar-refractivity contribution < 1.29 is 29.0 Å². The second kappa shape index (κ2) is 14.2. The lowest BCUT2D eigenvalue weighted by Gasteiger charge is -2.40. The van der Waals surface area contributed by atoms with Crippen LogP contribution in [0, 0.1) is 17.8 Å². The molecule has 242 valence electrons. The molecule has 1 N–H and O–H groups in total. The molecule has 0 radical (unpaired) electrons. The minimum absolute atomic E-state index is 0.101. The lowest BCUT2D eigenvalue weighted by molar-refractivity contribution is -0.158. The molecule has 3 amide bonds. The molecule has 10 heteroatoms. The summed E-state index contributed by atoms with van der Waals surface area (Å²) < 4.78 is 12.5. The Bertz CT molecular complexity index is 1030. The molecule has 1 spiro atoms. The summed E-state index contributed by atoms with van der Waals surface area (Å²) >= 11 is 0. The molecular weight excluding hydrogens is 548 g/mol. The highest BCUT2D eigenvalue weighted by Crippen LogP contribution is 2.65. The van der Waals surface area contributed by atoms with E-state index < -0.39 is 35.1 Å². The van der Waals surface area contributed by atoms with Crippen LogP contribution in [-0.4, -0.2) is 131 Å². The number of hydrogen-bond acceptors (Lipinski definition) is 7. The topological polar surface area (TPSA) is 103 Å². The van der Waals surface area contributed by atoms with Gasteiger partial charge in [-0.2, -0.15) is 0 Å². The van der Waals surface area contributed by atoms with Crippen LogP contribution in [0.4, 0.5) is 0 Å². The Morgan fingerprint density at radius 3 is 2.28 bits per heavy atom. The predicted octanol–water partition coefficient (Wildman–Crippen LogP) is 2.32. The highest BCUT2D eigenvalue weighted by molar-refractivity contribution is 5.99. The Hall–Kier alpha value is -2.27. The maximum Gasteiger partial charge on any atom is 0.248 e. The van der Waals surface area contributed by atoms with E-state index in [-0.39, 0.29) is 30.2 Å². The molecule has 0 aromatic carbocycles. The van der Waals surface area contributed by atoms with Gasteiger partial charge in [-0.1, -0.05) is 39.8 Å². The van der Waals surface area contributed by atoms with Crippen LogP contribution in [0.1, 0.15) is 59.8 Å². The lowest BCUT2D eigenvalue weighted by atomic mass is 9.64. The van der Waals surface area contributed by atoms with E-state index in [2.05, 4.69) is 18.1 Å². The fourth-order valence-corrected chi connectivity index (χ4v) is 8.15. The van der Waals surface area contributed by atoms with E-state index in [9.17, 15) is 19.5 Å². The largest absolute Gasteiger partial charge is 0.394 e. The third-order valence-corrected chi connectivity index (χ3v) is 10.1. The van der Waals surface area contributed by atoms with Gasteiger partial charge in [0.15, 0.2) is 0 Å². The van der Waals surface area contributed by atoms with E-state index in [0.29, 0.717) is 71.6 Å². The Labute approximate surface area is 258 Å². The zero-order chi connectivity index (χ0) is 31.4. The molecule has 2 unspecified atom stereocenters. The van der Waals surface area contributed by atoms with Gasteiger partial charge in [-0.25, -0.2) is 0 Å². The Kier molecular flexibility index (Phi) is 11.1. The van der Waals surface area contributed by atoms with Crippen molar-refractivity contribution in [2.75, 3.05) is 65.6 Å². The summed E-state index contributed by atoms with van der Waals surface area (Å²) in [6.07, 6.45) is 6.47. The maximum absolute atomic E-state index is 14.8. The van der Waals surface area contributed by atoms with E-state index in [4.69, 9.17) is 9.47 Å². The van der Waals surface area contributed by atoms with E-state index in [1.807, 2.05) is 27.7 Å². The van der Waals surface area contributed by atoms with Crippen LogP contribution < -0.4 is 0 Å². The minimum Gasteiger partial charge on any atom is -0.394 e. The van der Waals surface area contributed by atoms with Crippen LogP contribution >= 0.6 is 0 Å². The van der Waals surface area contributed by atoms with Crippen LogP contribution in [0.2, 0.25) is 0 Å². The summed E-state index contributed by atoms with van der Waals surface area (Å²) in [5.41, 5.74) is -1.93. The second-order valence-corrected chi connectivity index (χ2v) is 13.1. The quantitative estimate of drug-likeness (QED) is 0.271. The highest BCUT2D eigenvalue weighted by atomic mass is 16.5. The van der Waals surface area contributed by atoms with Crippen molar-refractivity contribution in [1.29, 1.82) is 0 Å². The Morgan fingerprint density at radius 1 is 1.07 bits per heavy atom. The van der Waals surface area contributed by atoms with Crippen molar-refractivity contribution in [2.24, 2.45) is 17.8 Å². The van der Waals surface area contributed by atoms with E-state index in [1.165, 1.54) is 0 Å². The molecule has 4 aliphatic rings. The first-order chi connectivity index (χ1) is 20.6. The number of carbonyl (C=O) groups excluding carboxylic acids is 3. The van der Waals surface area contributed by atoms with Crippen molar-refractivity contribution in [3.63, 3.8) is 0 Å². The van der Waals surface area contributed by atoms with E-state index in [0.717, 1.165) is 19.5 Å². The van der Waals surface area contributed by atoms with Gasteiger partial charge in [0.1, 0.15) is 11.6 Å². The van der Waals surface area contributed by atoms with Gasteiger partial charge in [-0.05, 0) is 38.0 Å². The summed E-state index contributed by atoms with van der Waals surface area (Å²) in [6, 6.07) is -1.47. The van der Waals surface area contributed by atoms with Gasteiger partial charge in [-0.3, -0.25) is 19.3 Å². The summed E-state index contributed by atoms with van der Waals surface area (Å²) in [5, 5.41) is 10.6. The number of hydrogen-bond donors (Lipinski definition) is 1. The number of carbonyl (C=O) groups is 3. The number of aliphatic hydroxyl groups excluding tert-OH is 1. The number of likely N-dealkylation sites (tertiary alicyclic amines) is 1. The normalized spacial score (nSPS) is 30.9. The number of fused-ring (bicyclic) bond motifs is 1. The number of aliphatic hydroxyl groups is 1. The Balaban J connectivity index is 1.76. The maximum atomic E-state index is 14.8. The Morgan fingerprint density at radius 2 is 1.72 bits per heavy atom. The third kappa shape index (κ3) is 6.17. The van der Waals surface area contributed by atoms with Gasteiger partial charge in [0.05, 0.1) is 43.3 Å². The van der Waals surface area contributed by atoms with Crippen molar-refractivity contribution in [3.8, 4) is 0 Å². The number of nitrogens with zero attached hydrogens (tertiary/aromatic N) is 4. The molecule has 0 aromatic rings. The van der Waals surface area contributed by atoms with Crippen LogP contribution in [0.25, 0.3) is 0 Å². The van der Waals surface area contributed by atoms with Gasteiger partial charge >= 0.3 is 0 Å². The summed E-state index contributed by atoms with van der Waals surface area (Å²) in [4.78, 5) is 51.3. The molecule has 4 heterocycles. The minimum atomic E-state index is -1.13. The zero-order valence-corrected chi connectivity index (χ0v) is 26.8. The first-order valence-corrected chi connectivity index (χ1v) is 16.4. The molecule has 10 nitrogen and oxygen atoms in total. The first kappa shape index (κ1) is 33.6. The molecule has 4 rings (SSSR count). The van der Waals surface area contributed by atoms with Gasteiger partial charge in [0.25, 0.3) is 0 Å². The summed E-state index contributed by atoms with van der Waals surface area (Å²) in [7, 11) is 0. The van der Waals surface area contributed by atoms with E-state index >= 15 is 0 Å². The number of morpholine rings is 1. The van der Waals surface area contributed by atoms with Crippen LogP contribution in [0.5, 0.6) is 0 Å². The molecule has 0 aromatic heterocycles. The molecule has 0 saturated carbocycles. The molecular formula is C33H54N4O6. The molecule has 6 atom stereocenters. The molecule has 43 heavy (non-hydrogen) atoms. The fourth-order valence-electron chi connectivity index (χ4n) is 8.15. The molecule has 0 aliphatic carbocycles. The smallest absolute Gasteiger partial charge is 0.248 e. The number of rotatable bonds is 16. The molecule has 4 fully saturated rings. The first-order valence-electron chi connectivity index (χ1n) is 16.4. The van der Waals surface area contributed by atoms with Crippen LogP contribution in [0.3, 0.4) is 0 Å². The summed E-state index contributed by atoms with van der Waals surface area (Å²) in [6.45, 7) is 21.0. The van der Waals surface area contributed by atoms with Crippen LogP contribution in [0.15, 0.2) is 25.3 Å². The van der Waals surface area contributed by atoms with Gasteiger partial charge in [-0.15, -0.1) is 13.2 Å². The van der Waals surface area contributed by atoms with Gasteiger partial charge in [0, 0.05) is 45.8 Å². The second-order valence-electron chi connectivity index (χ2n) is 13.1. The standard InChI is InChI=1S/C33H54N4O6/c1-7-13-35(14-8-2)29(39)26-27-30(40)37(25(23-38)22-24(5)6)28(33(27)12-11-32(26,10-4)43-33)31(41)36(15-9-3)17-16-34-18-20-42-21-19-34/h7,9,24-28,38H,1,3,8,10-23H2,2,4-6H3/t25-,26-,27+,28?,32+,33?/m1/s1. The van der Waals surface area contributed by atoms with E-state index in [1.54, 1.807) is 26.9 Å². The SMILES string of the molecule is C=CCN(CCN1CCOCC1)C(=O)C1N([C@@H](CO)CC(C)C)C(=O)[C@@H]2[C@H](C(=O)N(CC=C)CCC)[C@]3(CC)CCC12O3.